The Morgan fingerprint density at radius 2 is 0.852 bits per heavy atom. The average Bonchev–Trinajstić information content (AvgIpc) is 3.25. The molecular formula is C51H84NO8P. The lowest BCUT2D eigenvalue weighted by atomic mass is 10.1. The van der Waals surface area contributed by atoms with E-state index < -0.39 is 32.5 Å². The number of rotatable bonds is 42. The second kappa shape index (κ2) is 46.2. The maximum atomic E-state index is 12.6. The van der Waals surface area contributed by atoms with E-state index in [2.05, 4.69) is 123 Å². The van der Waals surface area contributed by atoms with Crippen molar-refractivity contribution in [2.75, 3.05) is 26.4 Å². The molecule has 2 atom stereocenters. The number of esters is 2. The quantitative estimate of drug-likeness (QED) is 0.0266. The number of hydrogen-bond donors (Lipinski definition) is 2. The van der Waals surface area contributed by atoms with Crippen LogP contribution in [0.3, 0.4) is 0 Å². The molecule has 9 nitrogen and oxygen atoms in total. The predicted octanol–water partition coefficient (Wildman–Crippen LogP) is 13.9. The highest BCUT2D eigenvalue weighted by atomic mass is 31.2. The zero-order chi connectivity index (χ0) is 44.6. The summed E-state index contributed by atoms with van der Waals surface area (Å²) in [7, 11) is -4.40. The van der Waals surface area contributed by atoms with Crippen LogP contribution in [0, 0.1) is 0 Å². The summed E-state index contributed by atoms with van der Waals surface area (Å²) in [5.41, 5.74) is 5.35. The summed E-state index contributed by atoms with van der Waals surface area (Å²) in [6.45, 7) is 3.45. The van der Waals surface area contributed by atoms with E-state index in [4.69, 9.17) is 24.3 Å². The Bertz CT molecular complexity index is 1360. The van der Waals surface area contributed by atoms with E-state index >= 15 is 0 Å². The lowest BCUT2D eigenvalue weighted by Crippen LogP contribution is -2.29. The Hall–Kier alpha value is -3.33. The highest BCUT2D eigenvalue weighted by Crippen LogP contribution is 2.43. The summed E-state index contributed by atoms with van der Waals surface area (Å²) in [5.74, 6) is -0.880. The molecule has 0 aromatic carbocycles. The third-order valence-corrected chi connectivity index (χ3v) is 10.1. The number of allylic oxidation sites excluding steroid dienone is 18. The van der Waals surface area contributed by atoms with Crippen LogP contribution in [0.4, 0.5) is 0 Å². The van der Waals surface area contributed by atoms with Crippen molar-refractivity contribution in [1.29, 1.82) is 0 Å². The largest absolute Gasteiger partial charge is 0.472 e. The van der Waals surface area contributed by atoms with E-state index in [-0.39, 0.29) is 32.6 Å². The molecular weight excluding hydrogens is 786 g/mol. The minimum Gasteiger partial charge on any atom is -0.462 e. The molecule has 10 heteroatoms. The van der Waals surface area contributed by atoms with Gasteiger partial charge in [-0.3, -0.25) is 18.6 Å². The van der Waals surface area contributed by atoms with Crippen LogP contribution in [-0.4, -0.2) is 49.3 Å². The van der Waals surface area contributed by atoms with Crippen molar-refractivity contribution in [2.45, 2.75) is 174 Å². The van der Waals surface area contributed by atoms with Crippen LogP contribution in [0.2, 0.25) is 0 Å². The van der Waals surface area contributed by atoms with Gasteiger partial charge in [-0.2, -0.15) is 0 Å². The van der Waals surface area contributed by atoms with Crippen LogP contribution in [0.15, 0.2) is 109 Å². The number of phosphoric acid groups is 1. The van der Waals surface area contributed by atoms with Gasteiger partial charge in [-0.05, 0) is 96.3 Å². The van der Waals surface area contributed by atoms with E-state index in [0.29, 0.717) is 12.8 Å². The Kier molecular flexibility index (Phi) is 43.7. The van der Waals surface area contributed by atoms with Gasteiger partial charge in [0.1, 0.15) is 6.61 Å². The third kappa shape index (κ3) is 46.0. The second-order valence-corrected chi connectivity index (χ2v) is 16.3. The predicted molar refractivity (Wildman–Crippen MR) is 256 cm³/mol. The zero-order valence-corrected chi connectivity index (χ0v) is 39.0. The molecule has 2 unspecified atom stereocenters. The normalized spacial score (nSPS) is 14.2. The van der Waals surface area contributed by atoms with Gasteiger partial charge in [-0.15, -0.1) is 0 Å². The molecule has 3 N–H and O–H groups in total. The van der Waals surface area contributed by atoms with Crippen LogP contribution in [0.5, 0.6) is 0 Å². The topological polar surface area (TPSA) is 134 Å². The second-order valence-electron chi connectivity index (χ2n) is 14.9. The van der Waals surface area contributed by atoms with Crippen molar-refractivity contribution in [3.63, 3.8) is 0 Å². The van der Waals surface area contributed by atoms with E-state index in [1.807, 2.05) is 0 Å². The Balaban J connectivity index is 4.21. The summed E-state index contributed by atoms with van der Waals surface area (Å²) in [4.78, 5) is 35.0. The van der Waals surface area contributed by atoms with Crippen LogP contribution >= 0.6 is 7.82 Å². The lowest BCUT2D eigenvalue weighted by Gasteiger charge is -2.19. The Labute approximate surface area is 371 Å². The molecule has 0 aliphatic carbocycles. The van der Waals surface area contributed by atoms with Gasteiger partial charge in [0.05, 0.1) is 13.2 Å². The number of carbonyl (C=O) groups excluding carboxylic acids is 2. The summed E-state index contributed by atoms with van der Waals surface area (Å²) < 4.78 is 32.8. The van der Waals surface area contributed by atoms with Crippen molar-refractivity contribution in [3.8, 4) is 0 Å². The molecule has 0 saturated heterocycles. The lowest BCUT2D eigenvalue weighted by molar-refractivity contribution is -0.161. The zero-order valence-electron chi connectivity index (χ0n) is 38.1. The fraction of sp³-hybridized carbons (Fsp3) is 0.608. The van der Waals surface area contributed by atoms with E-state index in [9.17, 15) is 19.0 Å². The number of unbranched alkanes of at least 4 members (excludes halogenated alkanes) is 11. The third-order valence-electron chi connectivity index (χ3n) is 9.15. The Morgan fingerprint density at radius 1 is 0.492 bits per heavy atom. The molecule has 0 heterocycles. The van der Waals surface area contributed by atoms with Crippen molar-refractivity contribution in [3.05, 3.63) is 109 Å². The summed E-state index contributed by atoms with van der Waals surface area (Å²) in [6, 6.07) is 0. The molecule has 0 spiro atoms. The standard InChI is InChI=1S/C51H84NO8P/c1-3-5-7-9-11-13-15-17-19-21-22-23-24-25-26-28-30-32-34-36-38-40-42-44-51(54)60-49(48-59-61(55,56)58-46-45-52)47-57-50(53)43-41-39-37-35-33-31-29-27-20-18-16-14-12-10-8-6-4-2/h5-8,11-14,17-20,22-23,25-26,30,32,49H,3-4,9-10,15-16,21,24,27-29,31,33-48,52H2,1-2H3,(H,55,56)/b7-5-,8-6-,13-11-,14-12-,19-17-,20-18-,23-22-,26-25-,32-30-. The number of ether oxygens (including phenoxy) is 2. The van der Waals surface area contributed by atoms with Gasteiger partial charge in [0.25, 0.3) is 0 Å². The van der Waals surface area contributed by atoms with Crippen LogP contribution < -0.4 is 5.73 Å². The number of hydrogen-bond acceptors (Lipinski definition) is 8. The molecule has 0 fully saturated rings. The van der Waals surface area contributed by atoms with Crippen molar-refractivity contribution < 1.29 is 37.6 Å². The number of carbonyl (C=O) groups is 2. The first kappa shape index (κ1) is 57.7. The molecule has 0 aliphatic heterocycles. The highest BCUT2D eigenvalue weighted by Gasteiger charge is 2.26. The monoisotopic (exact) mass is 870 g/mol. The molecule has 0 bridgehead atoms. The number of nitrogens with two attached hydrogens (primary N) is 1. The minimum atomic E-state index is -4.40. The molecule has 0 aliphatic rings. The number of phosphoric ester groups is 1. The van der Waals surface area contributed by atoms with Gasteiger partial charge >= 0.3 is 19.8 Å². The first-order chi connectivity index (χ1) is 29.8. The smallest absolute Gasteiger partial charge is 0.462 e. The van der Waals surface area contributed by atoms with Gasteiger partial charge in [-0.1, -0.05) is 168 Å². The molecule has 0 amide bonds. The first-order valence-corrected chi connectivity index (χ1v) is 24.9. The molecule has 0 saturated carbocycles. The average molecular weight is 870 g/mol. The van der Waals surface area contributed by atoms with Crippen molar-refractivity contribution in [2.24, 2.45) is 5.73 Å². The van der Waals surface area contributed by atoms with E-state index in [1.165, 1.54) is 19.3 Å². The fourth-order valence-corrected chi connectivity index (χ4v) is 6.53. The SMILES string of the molecule is CC/C=C\C/C=C\C/C=C\C/C=C\C/C=C\C/C=C\CCCCCCC(=O)OC(COC(=O)CCCCCCCCC/C=C\C/C=C\C/C=C\CC)COP(=O)(O)OCCN. The molecule has 0 rings (SSSR count). The van der Waals surface area contributed by atoms with Crippen LogP contribution in [-0.2, 0) is 32.7 Å². The van der Waals surface area contributed by atoms with Gasteiger partial charge < -0.3 is 20.1 Å². The van der Waals surface area contributed by atoms with E-state index in [1.54, 1.807) is 0 Å². The van der Waals surface area contributed by atoms with E-state index in [0.717, 1.165) is 109 Å². The maximum Gasteiger partial charge on any atom is 0.472 e. The Morgan fingerprint density at radius 3 is 1.26 bits per heavy atom. The van der Waals surface area contributed by atoms with Gasteiger partial charge in [0.15, 0.2) is 6.10 Å². The summed E-state index contributed by atoms with van der Waals surface area (Å²) >= 11 is 0. The van der Waals surface area contributed by atoms with Gasteiger partial charge in [0.2, 0.25) is 0 Å². The van der Waals surface area contributed by atoms with Gasteiger partial charge in [-0.25, -0.2) is 4.57 Å². The fourth-order valence-electron chi connectivity index (χ4n) is 5.77. The summed E-state index contributed by atoms with van der Waals surface area (Å²) in [5, 5.41) is 0. The van der Waals surface area contributed by atoms with Crippen molar-refractivity contribution >= 4 is 19.8 Å². The maximum absolute atomic E-state index is 12.6. The van der Waals surface area contributed by atoms with Crippen LogP contribution in [0.25, 0.3) is 0 Å². The minimum absolute atomic E-state index is 0.0407. The summed E-state index contributed by atoms with van der Waals surface area (Å²) in [6.07, 6.45) is 61.2. The molecule has 0 aromatic heterocycles. The molecule has 346 valence electrons. The van der Waals surface area contributed by atoms with Gasteiger partial charge in [0, 0.05) is 19.4 Å². The highest BCUT2D eigenvalue weighted by molar-refractivity contribution is 7.47. The van der Waals surface area contributed by atoms with Crippen molar-refractivity contribution in [1.82, 2.24) is 0 Å². The van der Waals surface area contributed by atoms with Crippen LogP contribution in [0.1, 0.15) is 168 Å². The molecule has 0 radical (unpaired) electrons. The first-order valence-electron chi connectivity index (χ1n) is 23.4. The molecule has 61 heavy (non-hydrogen) atoms. The molecule has 0 aromatic rings.